The Balaban J connectivity index is 1.50. The van der Waals surface area contributed by atoms with E-state index in [1.165, 1.54) is 39.6 Å². The van der Waals surface area contributed by atoms with E-state index in [-0.39, 0.29) is 11.8 Å². The van der Waals surface area contributed by atoms with Crippen LogP contribution in [0.15, 0.2) is 60.8 Å². The van der Waals surface area contributed by atoms with Crippen LogP contribution in [-0.2, 0) is 19.4 Å². The number of nitrogens with zero attached hydrogens (tertiary/aromatic N) is 2. The van der Waals surface area contributed by atoms with E-state index in [9.17, 15) is 9.18 Å². The summed E-state index contributed by atoms with van der Waals surface area (Å²) in [5, 5.41) is 4.28. The number of hydrogen-bond donors (Lipinski definition) is 1. The molecule has 0 bridgehead atoms. The van der Waals surface area contributed by atoms with Crippen molar-refractivity contribution in [3.63, 3.8) is 0 Å². The van der Waals surface area contributed by atoms with Gasteiger partial charge in [-0.3, -0.25) is 0 Å². The van der Waals surface area contributed by atoms with Gasteiger partial charge in [0.15, 0.2) is 0 Å². The summed E-state index contributed by atoms with van der Waals surface area (Å²) in [5.41, 5.74) is 5.91. The number of amides is 2. The van der Waals surface area contributed by atoms with E-state index in [1.54, 1.807) is 13.2 Å². The number of carbonyl (C=O) groups excluding carboxylic acids is 1. The topological polar surface area (TPSA) is 46.5 Å². The van der Waals surface area contributed by atoms with Gasteiger partial charge in [-0.25, -0.2) is 9.18 Å². The molecule has 0 saturated heterocycles. The fraction of sp³-hybridized carbons (Fsp3) is 0.276. The number of hydrogen-bond acceptors (Lipinski definition) is 3. The third-order valence-electron chi connectivity index (χ3n) is 7.20. The first-order valence-corrected chi connectivity index (χ1v) is 13.1. The number of halogens is 1. The molecule has 2 aromatic heterocycles. The Labute approximate surface area is 214 Å². The number of carbonyl (C=O) groups is 1. The average molecular weight is 502 g/mol. The summed E-state index contributed by atoms with van der Waals surface area (Å²) in [6.45, 7) is 2.43. The quantitative estimate of drug-likeness (QED) is 0.328. The van der Waals surface area contributed by atoms with Crippen molar-refractivity contribution < 1.29 is 13.9 Å². The molecule has 2 aliphatic rings. The molecule has 1 aliphatic heterocycles. The second kappa shape index (κ2) is 9.13. The fourth-order valence-electron chi connectivity index (χ4n) is 5.52. The summed E-state index contributed by atoms with van der Waals surface area (Å²) >= 11 is 1.84. The lowest BCUT2D eigenvalue weighted by atomic mass is 9.95. The highest BCUT2D eigenvalue weighted by molar-refractivity contribution is 7.15. The molecule has 0 spiro atoms. The molecule has 2 amide bonds. The summed E-state index contributed by atoms with van der Waals surface area (Å²) in [7, 11) is 1.60. The molecule has 6 rings (SSSR count). The first-order valence-electron chi connectivity index (χ1n) is 12.3. The number of anilines is 1. The smallest absolute Gasteiger partial charge is 0.323 e. The number of benzene rings is 2. The second-order valence-corrected chi connectivity index (χ2v) is 10.6. The van der Waals surface area contributed by atoms with E-state index in [2.05, 4.69) is 16.1 Å². The molecule has 0 unspecified atom stereocenters. The van der Waals surface area contributed by atoms with Crippen LogP contribution in [0.5, 0.6) is 5.75 Å². The van der Waals surface area contributed by atoms with Gasteiger partial charge in [-0.05, 0) is 85.7 Å². The molecule has 1 aliphatic carbocycles. The van der Waals surface area contributed by atoms with E-state index in [1.807, 2.05) is 59.6 Å². The third kappa shape index (κ3) is 3.88. The molecule has 36 heavy (non-hydrogen) atoms. The van der Waals surface area contributed by atoms with Crippen molar-refractivity contribution in [1.29, 1.82) is 0 Å². The van der Waals surface area contributed by atoms with Gasteiger partial charge in [-0.15, -0.1) is 11.3 Å². The molecule has 0 saturated carbocycles. The van der Waals surface area contributed by atoms with Crippen LogP contribution in [0.4, 0.5) is 14.9 Å². The summed E-state index contributed by atoms with van der Waals surface area (Å²) in [6.07, 6.45) is 6.55. The predicted octanol–water partition coefficient (Wildman–Crippen LogP) is 7.01. The molecule has 0 radical (unpaired) electrons. The molecule has 1 N–H and O–H groups in total. The maximum absolute atomic E-state index is 14.4. The monoisotopic (exact) mass is 501 g/mol. The molecule has 4 aromatic rings. The van der Waals surface area contributed by atoms with Gasteiger partial charge in [-0.1, -0.05) is 18.2 Å². The van der Waals surface area contributed by atoms with Crippen LogP contribution in [0.25, 0.3) is 5.00 Å². The first-order chi connectivity index (χ1) is 17.5. The molecule has 184 valence electrons. The highest BCUT2D eigenvalue weighted by Crippen LogP contribution is 2.44. The van der Waals surface area contributed by atoms with Gasteiger partial charge in [-0.2, -0.15) is 0 Å². The number of fused-ring (bicyclic) bond motifs is 5. The van der Waals surface area contributed by atoms with Crippen molar-refractivity contribution in [3.05, 3.63) is 99.4 Å². The van der Waals surface area contributed by atoms with Gasteiger partial charge in [0.2, 0.25) is 0 Å². The largest absolute Gasteiger partial charge is 0.495 e. The summed E-state index contributed by atoms with van der Waals surface area (Å²) in [6, 6.07) is 15.6. The standard InChI is InChI=1S/C29H28FN3O2S/c1-18-12-13-25(35-2)23(15-18)31-29(34)33-17-22-21-9-3-4-11-26(21)36-28(22)32-14-6-10-24(32)27(33)19-7-5-8-20(30)16-19/h5-8,10,12-16,27H,3-4,9,11,17H2,1-2H3,(H,31,34)/t27-/m1/s1. The van der Waals surface area contributed by atoms with Gasteiger partial charge in [0.1, 0.15) is 16.6 Å². The van der Waals surface area contributed by atoms with Crippen LogP contribution in [-0.4, -0.2) is 22.6 Å². The molecule has 3 heterocycles. The van der Waals surface area contributed by atoms with Gasteiger partial charge < -0.3 is 19.5 Å². The molecule has 2 aromatic carbocycles. The lowest BCUT2D eigenvalue weighted by molar-refractivity contribution is 0.194. The van der Waals surface area contributed by atoms with Crippen molar-refractivity contribution in [2.75, 3.05) is 12.4 Å². The van der Waals surface area contributed by atoms with E-state index in [0.29, 0.717) is 18.0 Å². The number of ether oxygens (including phenoxy) is 1. The van der Waals surface area contributed by atoms with Crippen LogP contribution >= 0.6 is 11.3 Å². The maximum atomic E-state index is 14.4. The average Bonchev–Trinajstić information content (AvgIpc) is 3.46. The van der Waals surface area contributed by atoms with Crippen LogP contribution < -0.4 is 10.1 Å². The van der Waals surface area contributed by atoms with Crippen molar-refractivity contribution in [2.45, 2.75) is 45.2 Å². The van der Waals surface area contributed by atoms with E-state index in [0.717, 1.165) is 36.1 Å². The van der Waals surface area contributed by atoms with Crippen molar-refractivity contribution in [3.8, 4) is 10.8 Å². The molecule has 0 fully saturated rings. The van der Waals surface area contributed by atoms with Crippen LogP contribution in [0.1, 0.15) is 51.7 Å². The number of aromatic nitrogens is 1. The van der Waals surface area contributed by atoms with Crippen molar-refractivity contribution in [2.24, 2.45) is 0 Å². The molecule has 7 heteroatoms. The van der Waals surface area contributed by atoms with Crippen molar-refractivity contribution in [1.82, 2.24) is 9.47 Å². The lowest BCUT2D eigenvalue weighted by Crippen LogP contribution is -2.38. The highest BCUT2D eigenvalue weighted by Gasteiger charge is 2.36. The molecule has 5 nitrogen and oxygen atoms in total. The van der Waals surface area contributed by atoms with Crippen LogP contribution in [0.2, 0.25) is 0 Å². The number of rotatable bonds is 3. The van der Waals surface area contributed by atoms with Crippen molar-refractivity contribution >= 4 is 23.1 Å². The number of urea groups is 1. The lowest BCUT2D eigenvalue weighted by Gasteiger charge is -2.31. The fourth-order valence-corrected chi connectivity index (χ4v) is 6.92. The number of thiophene rings is 1. The Morgan fingerprint density at radius 2 is 1.94 bits per heavy atom. The maximum Gasteiger partial charge on any atom is 0.323 e. The zero-order valence-corrected chi connectivity index (χ0v) is 21.2. The Morgan fingerprint density at radius 3 is 2.78 bits per heavy atom. The first kappa shape index (κ1) is 22.9. The Kier molecular flexibility index (Phi) is 5.80. The van der Waals surface area contributed by atoms with E-state index in [4.69, 9.17) is 4.74 Å². The minimum absolute atomic E-state index is 0.246. The number of aryl methyl sites for hydroxylation is 2. The van der Waals surface area contributed by atoms with Crippen LogP contribution in [0, 0.1) is 12.7 Å². The zero-order valence-electron chi connectivity index (χ0n) is 20.4. The zero-order chi connectivity index (χ0) is 24.8. The van der Waals surface area contributed by atoms with Gasteiger partial charge >= 0.3 is 6.03 Å². The predicted molar refractivity (Wildman–Crippen MR) is 141 cm³/mol. The minimum Gasteiger partial charge on any atom is -0.495 e. The van der Waals surface area contributed by atoms with Gasteiger partial charge in [0, 0.05) is 16.6 Å². The van der Waals surface area contributed by atoms with Crippen LogP contribution in [0.3, 0.4) is 0 Å². The second-order valence-electron chi connectivity index (χ2n) is 9.52. The minimum atomic E-state index is -0.453. The highest BCUT2D eigenvalue weighted by atomic mass is 32.1. The van der Waals surface area contributed by atoms with E-state index < -0.39 is 6.04 Å². The Morgan fingerprint density at radius 1 is 1.08 bits per heavy atom. The Hall–Kier alpha value is -3.58. The summed E-state index contributed by atoms with van der Waals surface area (Å²) < 4.78 is 22.2. The van der Waals surface area contributed by atoms with E-state index >= 15 is 0 Å². The summed E-state index contributed by atoms with van der Waals surface area (Å²) in [4.78, 5) is 17.3. The number of nitrogens with one attached hydrogen (secondary N) is 1. The third-order valence-corrected chi connectivity index (χ3v) is 8.53. The number of methoxy groups -OCH3 is 1. The summed E-state index contributed by atoms with van der Waals surface area (Å²) in [5.74, 6) is 0.283. The molecular weight excluding hydrogens is 473 g/mol. The van der Waals surface area contributed by atoms with Gasteiger partial charge in [0.05, 0.1) is 31.1 Å². The molecule has 1 atom stereocenters. The normalized spacial score (nSPS) is 16.5. The van der Waals surface area contributed by atoms with Gasteiger partial charge in [0.25, 0.3) is 0 Å². The Bertz CT molecular complexity index is 1460. The SMILES string of the molecule is COc1ccc(C)cc1NC(=O)N1Cc2c(sc3c2CCCC3)-n2cccc2[C@H]1c1cccc(F)c1. The molecular formula is C29H28FN3O2S.